The number of aliphatic imine (C=N–C) groups is 1. The molecule has 0 aromatic heterocycles. The quantitative estimate of drug-likeness (QED) is 0.174. The molecular weight excluding hydrogens is 531 g/mol. The highest BCUT2D eigenvalue weighted by Crippen LogP contribution is 2.51. The van der Waals surface area contributed by atoms with Gasteiger partial charge in [-0.3, -0.25) is 0 Å². The lowest BCUT2D eigenvalue weighted by Gasteiger charge is -2.59. The van der Waals surface area contributed by atoms with E-state index in [2.05, 4.69) is 41.1 Å². The molecule has 2 unspecified atom stereocenters. The molecule has 178 valence electrons. The second kappa shape index (κ2) is 11.8. The van der Waals surface area contributed by atoms with Gasteiger partial charge in [0.25, 0.3) is 0 Å². The van der Waals surface area contributed by atoms with Crippen LogP contribution in [0.5, 0.6) is 0 Å². The van der Waals surface area contributed by atoms with Gasteiger partial charge in [-0.1, -0.05) is 26.0 Å². The van der Waals surface area contributed by atoms with Crippen molar-refractivity contribution in [2.24, 2.45) is 10.4 Å². The molecule has 1 fully saturated rings. The van der Waals surface area contributed by atoms with Gasteiger partial charge in [-0.25, -0.2) is 18.1 Å². The molecule has 0 aliphatic heterocycles. The van der Waals surface area contributed by atoms with Crippen LogP contribution >= 0.6 is 24.0 Å². The SMILES string of the molecule is CCNC(=NCc1cccc(S(=O)(=O)NCCOC)c1)NC1CC(C)(OC)C1(C)C.I. The summed E-state index contributed by atoms with van der Waals surface area (Å²) in [4.78, 5) is 4.88. The number of hydrogen-bond donors (Lipinski definition) is 3. The van der Waals surface area contributed by atoms with Gasteiger partial charge in [0.2, 0.25) is 10.0 Å². The first-order chi connectivity index (χ1) is 14.1. The Bertz CT molecular complexity index is 848. The van der Waals surface area contributed by atoms with Gasteiger partial charge in [0.05, 0.1) is 23.6 Å². The van der Waals surface area contributed by atoms with Gasteiger partial charge in [-0.05, 0) is 38.0 Å². The highest BCUT2D eigenvalue weighted by Gasteiger charge is 2.58. The zero-order chi connectivity index (χ0) is 22.4. The van der Waals surface area contributed by atoms with E-state index in [9.17, 15) is 8.42 Å². The lowest BCUT2D eigenvalue weighted by Crippen LogP contribution is -2.69. The lowest BCUT2D eigenvalue weighted by molar-refractivity contribution is -0.176. The maximum Gasteiger partial charge on any atom is 0.240 e. The van der Waals surface area contributed by atoms with Crippen LogP contribution < -0.4 is 15.4 Å². The number of rotatable bonds is 10. The van der Waals surface area contributed by atoms with E-state index in [4.69, 9.17) is 9.47 Å². The van der Waals surface area contributed by atoms with Crippen molar-refractivity contribution in [1.82, 2.24) is 15.4 Å². The van der Waals surface area contributed by atoms with Crippen LogP contribution in [0.3, 0.4) is 0 Å². The average Bonchev–Trinajstić information content (AvgIpc) is 2.71. The van der Waals surface area contributed by atoms with Crippen molar-refractivity contribution in [1.29, 1.82) is 0 Å². The number of nitrogens with zero attached hydrogens (tertiary/aromatic N) is 1. The first kappa shape index (κ1) is 28.1. The third kappa shape index (κ3) is 6.77. The van der Waals surface area contributed by atoms with Crippen LogP contribution in [-0.2, 0) is 26.0 Å². The number of guanidine groups is 1. The highest BCUT2D eigenvalue weighted by atomic mass is 127. The molecule has 31 heavy (non-hydrogen) atoms. The van der Waals surface area contributed by atoms with E-state index in [1.165, 1.54) is 7.11 Å². The second-order valence-electron chi connectivity index (χ2n) is 8.29. The number of hydrogen-bond acceptors (Lipinski definition) is 5. The van der Waals surface area contributed by atoms with Gasteiger partial charge in [0.15, 0.2) is 5.96 Å². The third-order valence-electron chi connectivity index (χ3n) is 6.16. The number of ether oxygens (including phenoxy) is 2. The van der Waals surface area contributed by atoms with Crippen LogP contribution in [0.15, 0.2) is 34.2 Å². The molecule has 0 spiro atoms. The Hall–Kier alpha value is -0.950. The van der Waals surface area contributed by atoms with Crippen LogP contribution in [0.1, 0.15) is 39.7 Å². The maximum atomic E-state index is 12.4. The molecule has 0 heterocycles. The van der Waals surface area contributed by atoms with Gasteiger partial charge >= 0.3 is 0 Å². The van der Waals surface area contributed by atoms with Crippen LogP contribution in [0.4, 0.5) is 0 Å². The van der Waals surface area contributed by atoms with Gasteiger partial charge in [0, 0.05) is 38.8 Å². The second-order valence-corrected chi connectivity index (χ2v) is 10.1. The monoisotopic (exact) mass is 568 g/mol. The standard InChI is InChI=1S/C21H36N4O4S.HI/c1-7-22-19(25-18-14-21(4,29-6)20(18,2)3)23-15-16-9-8-10-17(13-16)30(26,27)24-11-12-28-5;/h8-10,13,18,24H,7,11-12,14-15H2,1-6H3,(H2,22,23,25);1H. The zero-order valence-electron chi connectivity index (χ0n) is 19.3. The fourth-order valence-corrected chi connectivity index (χ4v) is 4.63. The summed E-state index contributed by atoms with van der Waals surface area (Å²) < 4.78 is 38.0. The summed E-state index contributed by atoms with van der Waals surface area (Å²) in [6, 6.07) is 7.06. The molecule has 3 N–H and O–H groups in total. The van der Waals surface area contributed by atoms with Crippen molar-refractivity contribution >= 4 is 40.0 Å². The molecule has 1 aliphatic carbocycles. The molecule has 1 aliphatic rings. The smallest absolute Gasteiger partial charge is 0.240 e. The Balaban J connectivity index is 0.00000480. The van der Waals surface area contributed by atoms with Crippen molar-refractivity contribution in [3.63, 3.8) is 0 Å². The van der Waals surface area contributed by atoms with Crippen molar-refractivity contribution in [2.45, 2.75) is 57.2 Å². The van der Waals surface area contributed by atoms with Crippen LogP contribution in [0.25, 0.3) is 0 Å². The molecule has 1 saturated carbocycles. The highest BCUT2D eigenvalue weighted by molar-refractivity contribution is 14.0. The van der Waals surface area contributed by atoms with Crippen molar-refractivity contribution in [2.75, 3.05) is 33.9 Å². The summed E-state index contributed by atoms with van der Waals surface area (Å²) in [6.45, 7) is 10.2. The Labute approximate surface area is 204 Å². The normalized spacial score (nSPS) is 22.9. The number of nitrogens with one attached hydrogen (secondary N) is 3. The zero-order valence-corrected chi connectivity index (χ0v) is 22.5. The molecule has 1 aromatic carbocycles. The number of sulfonamides is 1. The molecule has 2 rings (SSSR count). The van der Waals surface area contributed by atoms with Gasteiger partial charge in [0.1, 0.15) is 0 Å². The Morgan fingerprint density at radius 1 is 1.26 bits per heavy atom. The molecule has 10 heteroatoms. The van der Waals surface area contributed by atoms with E-state index in [0.717, 1.165) is 18.5 Å². The third-order valence-corrected chi connectivity index (χ3v) is 7.62. The van der Waals surface area contributed by atoms with Gasteiger partial charge < -0.3 is 20.1 Å². The molecule has 2 atom stereocenters. The number of benzene rings is 1. The van der Waals surface area contributed by atoms with Crippen molar-refractivity contribution in [3.8, 4) is 0 Å². The maximum absolute atomic E-state index is 12.4. The van der Waals surface area contributed by atoms with Crippen molar-refractivity contribution in [3.05, 3.63) is 29.8 Å². The van der Waals surface area contributed by atoms with Gasteiger partial charge in [-0.15, -0.1) is 24.0 Å². The predicted octanol–water partition coefficient (Wildman–Crippen LogP) is 2.49. The Morgan fingerprint density at radius 2 is 1.97 bits per heavy atom. The fourth-order valence-electron chi connectivity index (χ4n) is 3.55. The minimum atomic E-state index is -3.57. The molecule has 8 nitrogen and oxygen atoms in total. The van der Waals surface area contributed by atoms with Crippen LogP contribution in [0, 0.1) is 5.41 Å². The fraction of sp³-hybridized carbons (Fsp3) is 0.667. The lowest BCUT2D eigenvalue weighted by atomic mass is 9.56. The van der Waals surface area contributed by atoms with Crippen molar-refractivity contribution < 1.29 is 17.9 Å². The minimum absolute atomic E-state index is 0. The number of methoxy groups -OCH3 is 2. The Kier molecular flexibility index (Phi) is 10.7. The molecule has 0 bridgehead atoms. The molecule has 1 aromatic rings. The molecule has 0 amide bonds. The summed E-state index contributed by atoms with van der Waals surface area (Å²) in [6.07, 6.45) is 0.891. The largest absolute Gasteiger partial charge is 0.383 e. The molecule has 0 saturated heterocycles. The number of halogens is 1. The predicted molar refractivity (Wildman–Crippen MR) is 134 cm³/mol. The minimum Gasteiger partial charge on any atom is -0.383 e. The summed E-state index contributed by atoms with van der Waals surface area (Å²) in [5.41, 5.74) is 0.608. The van der Waals surface area contributed by atoms with Crippen LogP contribution in [0.2, 0.25) is 0 Å². The van der Waals surface area contributed by atoms with Crippen LogP contribution in [-0.4, -0.2) is 59.9 Å². The first-order valence-corrected chi connectivity index (χ1v) is 11.8. The van der Waals surface area contributed by atoms with E-state index in [0.29, 0.717) is 19.1 Å². The van der Waals surface area contributed by atoms with E-state index >= 15 is 0 Å². The topological polar surface area (TPSA) is 101 Å². The summed E-state index contributed by atoms with van der Waals surface area (Å²) in [5, 5.41) is 6.77. The van der Waals surface area contributed by atoms with E-state index in [-0.39, 0.29) is 52.5 Å². The average molecular weight is 569 g/mol. The summed E-state index contributed by atoms with van der Waals surface area (Å²) in [5.74, 6) is 0.709. The molecular formula is C21H37IN4O4S. The van der Waals surface area contributed by atoms with E-state index < -0.39 is 10.0 Å². The van der Waals surface area contributed by atoms with Gasteiger partial charge in [-0.2, -0.15) is 0 Å². The molecule has 0 radical (unpaired) electrons. The Morgan fingerprint density at radius 3 is 2.55 bits per heavy atom. The summed E-state index contributed by atoms with van der Waals surface area (Å²) >= 11 is 0. The first-order valence-electron chi connectivity index (χ1n) is 10.3. The summed E-state index contributed by atoms with van der Waals surface area (Å²) in [7, 11) is -0.289. The van der Waals surface area contributed by atoms with E-state index in [1.54, 1.807) is 25.3 Å². The van der Waals surface area contributed by atoms with E-state index in [1.807, 2.05) is 13.0 Å².